The fraction of sp³-hybridized carbons (Fsp3) is 0.158. The van der Waals surface area contributed by atoms with E-state index in [1.807, 2.05) is 65.9 Å². The number of carbonyl (C=O) groups is 1. The SMILES string of the molecule is CCOc1cc(C=C2SC(=S)N(Cc3ccccc3)C2=O)cc(I)c1O. The molecule has 3 rings (SSSR count). The predicted octanol–water partition coefficient (Wildman–Crippen LogP) is 4.80. The third kappa shape index (κ3) is 4.21. The van der Waals surface area contributed by atoms with Crippen molar-refractivity contribution < 1.29 is 14.6 Å². The molecule has 0 aromatic heterocycles. The van der Waals surface area contributed by atoms with Gasteiger partial charge in [-0.15, -0.1) is 0 Å². The minimum absolute atomic E-state index is 0.107. The number of carbonyl (C=O) groups excluding carboxylic acids is 1. The number of benzene rings is 2. The molecule has 1 fully saturated rings. The average molecular weight is 497 g/mol. The van der Waals surface area contributed by atoms with Crippen LogP contribution in [0.5, 0.6) is 11.5 Å². The number of phenols is 1. The molecule has 1 heterocycles. The van der Waals surface area contributed by atoms with Crippen LogP contribution in [0.25, 0.3) is 6.08 Å². The third-order valence-electron chi connectivity index (χ3n) is 3.71. The second-order valence-corrected chi connectivity index (χ2v) is 8.37. The maximum Gasteiger partial charge on any atom is 0.266 e. The first-order valence-electron chi connectivity index (χ1n) is 7.94. The predicted molar refractivity (Wildman–Crippen MR) is 117 cm³/mol. The lowest BCUT2D eigenvalue weighted by Gasteiger charge is -2.14. The van der Waals surface area contributed by atoms with Crippen LogP contribution in [0.2, 0.25) is 0 Å². The van der Waals surface area contributed by atoms with E-state index in [9.17, 15) is 9.90 Å². The van der Waals surface area contributed by atoms with Crippen LogP contribution in [-0.4, -0.2) is 26.8 Å². The number of thioether (sulfide) groups is 1. The summed E-state index contributed by atoms with van der Waals surface area (Å²) in [4.78, 5) is 14.9. The highest BCUT2D eigenvalue weighted by Gasteiger charge is 2.32. The Hall–Kier alpha value is -1.58. The molecule has 1 saturated heterocycles. The first-order chi connectivity index (χ1) is 12.5. The van der Waals surface area contributed by atoms with E-state index in [0.717, 1.165) is 11.1 Å². The molecule has 1 aliphatic rings. The van der Waals surface area contributed by atoms with Crippen molar-refractivity contribution in [2.45, 2.75) is 13.5 Å². The molecule has 0 bridgehead atoms. The van der Waals surface area contributed by atoms with Crippen LogP contribution in [0.3, 0.4) is 0 Å². The summed E-state index contributed by atoms with van der Waals surface area (Å²) < 4.78 is 6.67. The van der Waals surface area contributed by atoms with Gasteiger partial charge in [0.15, 0.2) is 11.5 Å². The van der Waals surface area contributed by atoms with E-state index >= 15 is 0 Å². The molecule has 26 heavy (non-hydrogen) atoms. The fourth-order valence-corrected chi connectivity index (χ4v) is 4.38. The largest absolute Gasteiger partial charge is 0.504 e. The molecule has 1 aliphatic heterocycles. The molecule has 1 amide bonds. The summed E-state index contributed by atoms with van der Waals surface area (Å²) >= 11 is 8.72. The number of phenolic OH excluding ortho intramolecular Hbond substituents is 1. The molecule has 0 atom stereocenters. The Labute approximate surface area is 175 Å². The average Bonchev–Trinajstić information content (AvgIpc) is 2.88. The van der Waals surface area contributed by atoms with Gasteiger partial charge in [-0.3, -0.25) is 9.69 Å². The standard InChI is InChI=1S/C19H16INO3S2/c1-2-24-15-9-13(8-14(20)17(15)22)10-16-18(23)21(19(25)26-16)11-12-6-4-3-5-7-12/h3-10,22H,2,11H2,1H3. The summed E-state index contributed by atoms with van der Waals surface area (Å²) in [7, 11) is 0. The van der Waals surface area contributed by atoms with Gasteiger partial charge in [0, 0.05) is 0 Å². The van der Waals surface area contributed by atoms with E-state index in [-0.39, 0.29) is 11.7 Å². The third-order valence-corrected chi connectivity index (χ3v) is 5.91. The lowest BCUT2D eigenvalue weighted by Crippen LogP contribution is -2.27. The molecular formula is C19H16INO3S2. The van der Waals surface area contributed by atoms with E-state index < -0.39 is 0 Å². The Morgan fingerprint density at radius 3 is 2.73 bits per heavy atom. The summed E-state index contributed by atoms with van der Waals surface area (Å²) in [6, 6.07) is 13.3. The summed E-state index contributed by atoms with van der Waals surface area (Å²) in [5.41, 5.74) is 1.82. The molecule has 7 heteroatoms. The van der Waals surface area contributed by atoms with Gasteiger partial charge in [0.05, 0.1) is 21.6 Å². The summed E-state index contributed by atoms with van der Waals surface area (Å²) in [5, 5.41) is 10.1. The minimum Gasteiger partial charge on any atom is -0.504 e. The van der Waals surface area contributed by atoms with Crippen molar-refractivity contribution in [1.29, 1.82) is 0 Å². The van der Waals surface area contributed by atoms with Gasteiger partial charge in [0.25, 0.3) is 5.91 Å². The van der Waals surface area contributed by atoms with Crippen LogP contribution in [0.4, 0.5) is 0 Å². The van der Waals surface area contributed by atoms with Crippen molar-refractivity contribution >= 4 is 62.9 Å². The molecule has 0 radical (unpaired) electrons. The number of halogens is 1. The molecule has 2 aromatic rings. The first-order valence-corrected chi connectivity index (χ1v) is 10.2. The molecular weight excluding hydrogens is 481 g/mol. The highest BCUT2D eigenvalue weighted by atomic mass is 127. The van der Waals surface area contributed by atoms with Crippen molar-refractivity contribution in [3.8, 4) is 11.5 Å². The second kappa shape index (κ2) is 8.41. The monoisotopic (exact) mass is 497 g/mol. The van der Waals surface area contributed by atoms with Crippen LogP contribution in [-0.2, 0) is 11.3 Å². The molecule has 0 saturated carbocycles. The summed E-state index contributed by atoms with van der Waals surface area (Å²) in [6.45, 7) is 2.76. The van der Waals surface area contributed by atoms with Gasteiger partial charge in [0.2, 0.25) is 0 Å². The van der Waals surface area contributed by atoms with Crippen molar-refractivity contribution in [2.75, 3.05) is 6.61 Å². The number of amides is 1. The number of ether oxygens (including phenoxy) is 1. The zero-order valence-corrected chi connectivity index (χ0v) is 17.7. The van der Waals surface area contributed by atoms with E-state index in [1.165, 1.54) is 11.8 Å². The van der Waals surface area contributed by atoms with Gasteiger partial charge in [-0.2, -0.15) is 0 Å². The fourth-order valence-electron chi connectivity index (χ4n) is 2.50. The maximum atomic E-state index is 12.8. The van der Waals surface area contributed by atoms with E-state index in [0.29, 0.717) is 31.7 Å². The Morgan fingerprint density at radius 1 is 1.31 bits per heavy atom. The molecule has 2 aromatic carbocycles. The molecule has 0 aliphatic carbocycles. The van der Waals surface area contributed by atoms with Crippen molar-refractivity contribution in [3.63, 3.8) is 0 Å². The van der Waals surface area contributed by atoms with Gasteiger partial charge in [-0.1, -0.05) is 54.3 Å². The molecule has 0 spiro atoms. The second-order valence-electron chi connectivity index (χ2n) is 5.54. The van der Waals surface area contributed by atoms with Crippen molar-refractivity contribution in [1.82, 2.24) is 4.90 Å². The Morgan fingerprint density at radius 2 is 2.04 bits per heavy atom. The van der Waals surface area contributed by atoms with Gasteiger partial charge in [-0.05, 0) is 58.9 Å². The quantitative estimate of drug-likeness (QED) is 0.366. The molecule has 0 unspecified atom stereocenters. The summed E-state index contributed by atoms with van der Waals surface area (Å²) in [5.74, 6) is 0.413. The lowest BCUT2D eigenvalue weighted by molar-refractivity contribution is -0.122. The number of hydrogen-bond acceptors (Lipinski definition) is 5. The van der Waals surface area contributed by atoms with Crippen molar-refractivity contribution in [3.05, 3.63) is 62.1 Å². The van der Waals surface area contributed by atoms with Crippen LogP contribution in [0, 0.1) is 3.57 Å². The van der Waals surface area contributed by atoms with Crippen molar-refractivity contribution in [2.24, 2.45) is 0 Å². The topological polar surface area (TPSA) is 49.8 Å². The zero-order valence-electron chi connectivity index (χ0n) is 13.9. The van der Waals surface area contributed by atoms with E-state index in [1.54, 1.807) is 17.0 Å². The van der Waals surface area contributed by atoms with Crippen LogP contribution >= 0.6 is 46.6 Å². The molecule has 134 valence electrons. The van der Waals surface area contributed by atoms with E-state index in [4.69, 9.17) is 17.0 Å². The molecule has 4 nitrogen and oxygen atoms in total. The number of thiocarbonyl (C=S) groups is 1. The van der Waals surface area contributed by atoms with Crippen LogP contribution in [0.15, 0.2) is 47.4 Å². The number of aromatic hydroxyl groups is 1. The Bertz CT molecular complexity index is 884. The Balaban J connectivity index is 1.86. The summed E-state index contributed by atoms with van der Waals surface area (Å²) in [6.07, 6.45) is 1.79. The normalized spacial score (nSPS) is 15.8. The van der Waals surface area contributed by atoms with E-state index in [2.05, 4.69) is 0 Å². The first kappa shape index (κ1) is 19.2. The number of hydrogen-bond donors (Lipinski definition) is 1. The number of rotatable bonds is 5. The van der Waals surface area contributed by atoms with Gasteiger partial charge in [0.1, 0.15) is 4.32 Å². The highest BCUT2D eigenvalue weighted by Crippen LogP contribution is 2.37. The maximum absolute atomic E-state index is 12.8. The van der Waals surface area contributed by atoms with Crippen LogP contribution < -0.4 is 4.74 Å². The van der Waals surface area contributed by atoms with Gasteiger partial charge < -0.3 is 9.84 Å². The smallest absolute Gasteiger partial charge is 0.266 e. The lowest BCUT2D eigenvalue weighted by atomic mass is 10.1. The minimum atomic E-state index is -0.107. The Kier molecular flexibility index (Phi) is 6.20. The molecule has 1 N–H and O–H groups in total. The van der Waals surface area contributed by atoms with Gasteiger partial charge >= 0.3 is 0 Å². The highest BCUT2D eigenvalue weighted by molar-refractivity contribution is 14.1. The van der Waals surface area contributed by atoms with Gasteiger partial charge in [-0.25, -0.2) is 0 Å². The zero-order chi connectivity index (χ0) is 18.7. The number of nitrogens with zero attached hydrogens (tertiary/aromatic N) is 1. The van der Waals surface area contributed by atoms with Crippen LogP contribution in [0.1, 0.15) is 18.1 Å².